The van der Waals surface area contributed by atoms with Gasteiger partial charge in [0.25, 0.3) is 0 Å². The van der Waals surface area contributed by atoms with E-state index in [1.807, 2.05) is 48.5 Å². The van der Waals surface area contributed by atoms with Gasteiger partial charge in [0.15, 0.2) is 0 Å². The monoisotopic (exact) mass is 390 g/mol. The van der Waals surface area contributed by atoms with E-state index >= 15 is 0 Å². The highest BCUT2D eigenvalue weighted by Gasteiger charge is 2.35. The Bertz CT molecular complexity index is 692. The highest BCUT2D eigenvalue weighted by molar-refractivity contribution is 7.81. The van der Waals surface area contributed by atoms with E-state index in [9.17, 15) is 4.79 Å². The van der Waals surface area contributed by atoms with Gasteiger partial charge in [-0.3, -0.25) is 0 Å². The average molecular weight is 390 g/mol. The van der Waals surface area contributed by atoms with E-state index in [2.05, 4.69) is 37.8 Å². The Morgan fingerprint density at radius 2 is 1.81 bits per heavy atom. The lowest BCUT2D eigenvalue weighted by atomic mass is 9.80. The van der Waals surface area contributed by atoms with Crippen molar-refractivity contribution in [2.75, 3.05) is 6.54 Å². The van der Waals surface area contributed by atoms with Crippen molar-refractivity contribution in [3.8, 4) is 0 Å². The molecule has 0 aromatic heterocycles. The highest BCUT2D eigenvalue weighted by atomic mass is 32.1. The first kappa shape index (κ1) is 22.2. The average Bonchev–Trinajstić information content (AvgIpc) is 2.50. The molecule has 1 aromatic carbocycles. The summed E-state index contributed by atoms with van der Waals surface area (Å²) in [7, 11) is 1.79. The summed E-state index contributed by atoms with van der Waals surface area (Å²) in [5.74, 6) is 0.268. The molecule has 4 nitrogen and oxygen atoms in total. The lowest BCUT2D eigenvalue weighted by Gasteiger charge is -2.38. The number of benzene rings is 1. The van der Waals surface area contributed by atoms with Gasteiger partial charge in [-0.2, -0.15) is 12.6 Å². The molecule has 0 aliphatic carbocycles. The molecule has 149 valence electrons. The van der Waals surface area contributed by atoms with Crippen molar-refractivity contribution in [3.05, 3.63) is 29.3 Å². The summed E-state index contributed by atoms with van der Waals surface area (Å²) in [4.78, 5) is 14.3. The number of ether oxygens (including phenoxy) is 1. The van der Waals surface area contributed by atoms with Crippen LogP contribution in [0.4, 0.5) is 4.79 Å². The number of amides is 1. The SMILES string of the molecule is CC1CN(C(=O)OC(C)(C)C)Cc2cc([B]OC(C)(C)C(C)(C)S)ccc21. The topological polar surface area (TPSA) is 38.8 Å². The quantitative estimate of drug-likeness (QED) is 0.616. The molecule has 1 aromatic rings. The molecule has 0 saturated carbocycles. The number of hydrogen-bond acceptors (Lipinski definition) is 4. The maximum atomic E-state index is 12.5. The maximum Gasteiger partial charge on any atom is 0.410 e. The summed E-state index contributed by atoms with van der Waals surface area (Å²) in [6, 6.07) is 6.31. The van der Waals surface area contributed by atoms with Gasteiger partial charge in [-0.15, -0.1) is 0 Å². The Balaban J connectivity index is 2.14. The molecule has 1 amide bonds. The fourth-order valence-corrected chi connectivity index (χ4v) is 2.89. The predicted molar refractivity (Wildman–Crippen MR) is 115 cm³/mol. The van der Waals surface area contributed by atoms with E-state index in [0.29, 0.717) is 13.1 Å². The van der Waals surface area contributed by atoms with Crippen LogP contribution < -0.4 is 5.46 Å². The van der Waals surface area contributed by atoms with Crippen molar-refractivity contribution in [3.63, 3.8) is 0 Å². The second kappa shape index (κ2) is 7.71. The Morgan fingerprint density at radius 1 is 1.19 bits per heavy atom. The summed E-state index contributed by atoms with van der Waals surface area (Å²) in [5, 5.41) is 0. The summed E-state index contributed by atoms with van der Waals surface area (Å²) >= 11 is 4.64. The zero-order chi connectivity index (χ0) is 20.6. The molecule has 1 heterocycles. The molecule has 0 bridgehead atoms. The molecule has 1 aliphatic heterocycles. The number of fused-ring (bicyclic) bond motifs is 1. The molecule has 27 heavy (non-hydrogen) atoms. The standard InChI is InChI=1S/C21H33BNO3S/c1-14-12-23(18(24)25-19(2,3)4)13-15-11-16(9-10-17(14)15)22-26-20(5,6)21(7,8)27/h9-11,14,27H,12-13H2,1-8H3. The van der Waals surface area contributed by atoms with Crippen LogP contribution in [0.3, 0.4) is 0 Å². The van der Waals surface area contributed by atoms with Gasteiger partial charge < -0.3 is 14.3 Å². The molecule has 6 heteroatoms. The fraction of sp³-hybridized carbons (Fsp3) is 0.667. The zero-order valence-electron chi connectivity index (χ0n) is 17.9. The van der Waals surface area contributed by atoms with E-state index in [0.717, 1.165) is 11.0 Å². The van der Waals surface area contributed by atoms with Crippen molar-refractivity contribution < 1.29 is 14.2 Å². The van der Waals surface area contributed by atoms with E-state index in [1.54, 1.807) is 12.4 Å². The molecule has 1 atom stereocenters. The van der Waals surface area contributed by atoms with Gasteiger partial charge in [-0.1, -0.05) is 30.6 Å². The van der Waals surface area contributed by atoms with E-state index in [4.69, 9.17) is 9.39 Å². The minimum atomic E-state index is -0.491. The van der Waals surface area contributed by atoms with E-state index < -0.39 is 11.2 Å². The Labute approximate surface area is 170 Å². The third kappa shape index (κ3) is 5.67. The lowest BCUT2D eigenvalue weighted by molar-refractivity contribution is 0.0209. The van der Waals surface area contributed by atoms with Crippen LogP contribution in [0, 0.1) is 0 Å². The first-order valence-electron chi connectivity index (χ1n) is 9.54. The number of thiol groups is 1. The van der Waals surface area contributed by atoms with Crippen LogP contribution in [0.5, 0.6) is 0 Å². The minimum Gasteiger partial charge on any atom is -0.444 e. The second-order valence-electron chi connectivity index (χ2n) is 9.53. The van der Waals surface area contributed by atoms with E-state index in [1.165, 1.54) is 5.56 Å². The molecule has 1 radical (unpaired) electrons. The van der Waals surface area contributed by atoms with Gasteiger partial charge in [0, 0.05) is 17.8 Å². The molecule has 1 aliphatic rings. The number of hydrogen-bond donors (Lipinski definition) is 1. The normalized spacial score (nSPS) is 18.1. The first-order chi connectivity index (χ1) is 12.2. The highest BCUT2D eigenvalue weighted by Crippen LogP contribution is 2.31. The van der Waals surface area contributed by atoms with Gasteiger partial charge in [0.2, 0.25) is 0 Å². The van der Waals surface area contributed by atoms with Crippen LogP contribution in [0.2, 0.25) is 0 Å². The van der Waals surface area contributed by atoms with Crippen molar-refractivity contribution in [1.82, 2.24) is 4.90 Å². The largest absolute Gasteiger partial charge is 0.444 e. The predicted octanol–water partition coefficient (Wildman–Crippen LogP) is 4.29. The van der Waals surface area contributed by atoms with Crippen molar-refractivity contribution >= 4 is 31.7 Å². The summed E-state index contributed by atoms with van der Waals surface area (Å²) in [6.45, 7) is 17.2. The Hall–Kier alpha value is -1.14. The number of nitrogens with zero attached hydrogens (tertiary/aromatic N) is 1. The van der Waals surface area contributed by atoms with Gasteiger partial charge in [-0.05, 0) is 65.5 Å². The Morgan fingerprint density at radius 3 is 2.37 bits per heavy atom. The third-order valence-corrected chi connectivity index (χ3v) is 5.71. The molecular weight excluding hydrogens is 357 g/mol. The Kier molecular flexibility index (Phi) is 6.32. The van der Waals surface area contributed by atoms with Crippen molar-refractivity contribution in [2.24, 2.45) is 0 Å². The van der Waals surface area contributed by atoms with Gasteiger partial charge >= 0.3 is 13.6 Å². The van der Waals surface area contributed by atoms with Gasteiger partial charge in [0.1, 0.15) is 5.60 Å². The molecule has 0 saturated heterocycles. The van der Waals surface area contributed by atoms with Crippen molar-refractivity contribution in [2.45, 2.75) is 83.8 Å². The maximum absolute atomic E-state index is 12.5. The minimum absolute atomic E-state index is 0.261. The van der Waals surface area contributed by atoms with Gasteiger partial charge in [0.05, 0.1) is 5.60 Å². The summed E-state index contributed by atoms with van der Waals surface area (Å²) in [5.41, 5.74) is 2.50. The second-order valence-corrected chi connectivity index (χ2v) is 10.6. The summed E-state index contributed by atoms with van der Waals surface area (Å²) < 4.78 is 11.3. The van der Waals surface area contributed by atoms with Crippen LogP contribution in [-0.2, 0) is 15.9 Å². The third-order valence-electron chi connectivity index (χ3n) is 5.17. The molecule has 1 unspecified atom stereocenters. The van der Waals surface area contributed by atoms with Crippen LogP contribution in [0.15, 0.2) is 18.2 Å². The first-order valence-corrected chi connectivity index (χ1v) is 9.98. The van der Waals surface area contributed by atoms with Gasteiger partial charge in [-0.25, -0.2) is 4.79 Å². The smallest absolute Gasteiger partial charge is 0.410 e. The van der Waals surface area contributed by atoms with Crippen LogP contribution in [0.1, 0.15) is 72.4 Å². The lowest BCUT2D eigenvalue weighted by Crippen LogP contribution is -2.46. The molecule has 0 fully saturated rings. The summed E-state index contributed by atoms with van der Waals surface area (Å²) in [6.07, 6.45) is -0.261. The van der Waals surface area contributed by atoms with Crippen LogP contribution in [0.25, 0.3) is 0 Å². The van der Waals surface area contributed by atoms with E-state index in [-0.39, 0.29) is 16.8 Å². The number of rotatable bonds is 4. The number of carbonyl (C=O) groups is 1. The molecule has 0 spiro atoms. The van der Waals surface area contributed by atoms with Crippen molar-refractivity contribution in [1.29, 1.82) is 0 Å². The fourth-order valence-electron chi connectivity index (χ4n) is 2.84. The molecular formula is C21H33BNO3S. The molecule has 0 N–H and O–H groups in total. The van der Waals surface area contributed by atoms with Crippen LogP contribution in [-0.4, -0.2) is 41.0 Å². The number of carbonyl (C=O) groups excluding carboxylic acids is 1. The zero-order valence-corrected chi connectivity index (χ0v) is 18.8. The van der Waals surface area contributed by atoms with Crippen LogP contribution >= 0.6 is 12.6 Å². The molecule has 2 rings (SSSR count).